The predicted octanol–water partition coefficient (Wildman–Crippen LogP) is 3.11. The number of hydrogen-bond donors (Lipinski definition) is 3. The fourth-order valence-corrected chi connectivity index (χ4v) is 3.31. The van der Waals surface area contributed by atoms with E-state index >= 15 is 0 Å². The van der Waals surface area contributed by atoms with Crippen LogP contribution in [-0.4, -0.2) is 47.9 Å². The third-order valence-electron chi connectivity index (χ3n) is 5.00. The fraction of sp³-hybridized carbons (Fsp3) is 0.200. The molecule has 0 saturated carbocycles. The number of fused-ring (bicyclic) bond motifs is 2. The summed E-state index contributed by atoms with van der Waals surface area (Å²) in [6, 6.07) is 18.7. The second-order valence-corrected chi connectivity index (χ2v) is 7.58. The molecule has 2 aromatic carbocycles. The Kier molecular flexibility index (Phi) is 7.59. The zero-order chi connectivity index (χ0) is 23.8. The first-order valence-electron chi connectivity index (χ1n) is 10.9. The summed E-state index contributed by atoms with van der Waals surface area (Å²) in [7, 11) is 0. The van der Waals surface area contributed by atoms with Crippen LogP contribution in [0.5, 0.6) is 11.5 Å². The SMILES string of the molecule is Nc1ccc2cc(OC/C=C/N(N)CCOCCOc3ccc4nc(N)ccc4c3)ccc2n1. The van der Waals surface area contributed by atoms with Crippen LogP contribution in [0.15, 0.2) is 72.9 Å². The highest BCUT2D eigenvalue weighted by Crippen LogP contribution is 2.21. The van der Waals surface area contributed by atoms with E-state index in [9.17, 15) is 0 Å². The van der Waals surface area contributed by atoms with Crippen molar-refractivity contribution in [3.8, 4) is 11.5 Å². The van der Waals surface area contributed by atoms with Gasteiger partial charge in [-0.05, 0) is 66.7 Å². The Balaban J connectivity index is 1.10. The molecule has 0 unspecified atom stereocenters. The molecule has 0 amide bonds. The van der Waals surface area contributed by atoms with Crippen LogP contribution in [0, 0.1) is 0 Å². The number of aromatic nitrogens is 2. The summed E-state index contributed by atoms with van der Waals surface area (Å²) in [4.78, 5) is 8.54. The van der Waals surface area contributed by atoms with Gasteiger partial charge in [-0.2, -0.15) is 0 Å². The lowest BCUT2D eigenvalue weighted by molar-refractivity contribution is 0.0882. The van der Waals surface area contributed by atoms with E-state index in [4.69, 9.17) is 31.5 Å². The maximum atomic E-state index is 5.96. The van der Waals surface area contributed by atoms with Crippen LogP contribution in [0.1, 0.15) is 0 Å². The summed E-state index contributed by atoms with van der Waals surface area (Å²) in [6.45, 7) is 2.32. The number of ether oxygens (including phenoxy) is 3. The number of pyridine rings is 2. The molecule has 2 aromatic heterocycles. The molecule has 0 aliphatic carbocycles. The number of nitrogens with two attached hydrogens (primary N) is 3. The number of hydrazine groups is 1. The Hall–Kier alpha value is -4.08. The summed E-state index contributed by atoms with van der Waals surface area (Å²) in [6.07, 6.45) is 3.61. The summed E-state index contributed by atoms with van der Waals surface area (Å²) in [5.74, 6) is 8.47. The van der Waals surface area contributed by atoms with Crippen molar-refractivity contribution in [1.29, 1.82) is 0 Å². The lowest BCUT2D eigenvalue weighted by Gasteiger charge is -2.14. The van der Waals surface area contributed by atoms with Crippen LogP contribution in [0.3, 0.4) is 0 Å². The summed E-state index contributed by atoms with van der Waals surface area (Å²) in [5.41, 5.74) is 13.1. The Morgan fingerprint density at radius 1 is 0.735 bits per heavy atom. The minimum Gasteiger partial charge on any atom is -0.491 e. The second-order valence-electron chi connectivity index (χ2n) is 7.58. The Morgan fingerprint density at radius 2 is 1.35 bits per heavy atom. The lowest BCUT2D eigenvalue weighted by atomic mass is 10.2. The Labute approximate surface area is 197 Å². The molecule has 0 aliphatic rings. The molecule has 0 fully saturated rings. The van der Waals surface area contributed by atoms with Gasteiger partial charge >= 0.3 is 0 Å². The molecule has 0 aliphatic heterocycles. The molecule has 0 saturated heterocycles. The predicted molar refractivity (Wildman–Crippen MR) is 134 cm³/mol. The largest absolute Gasteiger partial charge is 0.491 e. The van der Waals surface area contributed by atoms with E-state index in [1.165, 1.54) is 0 Å². The Morgan fingerprint density at radius 3 is 2.00 bits per heavy atom. The van der Waals surface area contributed by atoms with Gasteiger partial charge in [-0.1, -0.05) is 0 Å². The molecule has 9 nitrogen and oxygen atoms in total. The van der Waals surface area contributed by atoms with Crippen molar-refractivity contribution < 1.29 is 14.2 Å². The van der Waals surface area contributed by atoms with Crippen molar-refractivity contribution in [3.63, 3.8) is 0 Å². The standard InChI is InChI=1S/C25H28N6O3/c26-24-8-2-18-16-20(4-6-22(18)29-24)33-12-1-10-31(28)11-13-32-14-15-34-21-5-7-23-19(17-21)3-9-25(27)30-23/h1-10,16-17H,11-15,28H2,(H2,26,29)(H2,27,30)/b10-1+. The van der Waals surface area contributed by atoms with Crippen LogP contribution in [-0.2, 0) is 4.74 Å². The number of nitrogens with zero attached hydrogens (tertiary/aromatic N) is 3. The number of hydrogen-bond acceptors (Lipinski definition) is 9. The average molecular weight is 461 g/mol. The van der Waals surface area contributed by atoms with E-state index < -0.39 is 0 Å². The zero-order valence-corrected chi connectivity index (χ0v) is 18.8. The van der Waals surface area contributed by atoms with E-state index in [1.807, 2.05) is 54.6 Å². The summed E-state index contributed by atoms with van der Waals surface area (Å²) >= 11 is 0. The molecule has 6 N–H and O–H groups in total. The number of rotatable bonds is 11. The van der Waals surface area contributed by atoms with Crippen LogP contribution in [0.2, 0.25) is 0 Å². The van der Waals surface area contributed by atoms with E-state index in [2.05, 4.69) is 9.97 Å². The van der Waals surface area contributed by atoms with Gasteiger partial charge in [-0.3, -0.25) is 0 Å². The molecule has 0 atom stereocenters. The molecule has 4 aromatic rings. The van der Waals surface area contributed by atoms with Gasteiger partial charge in [0.15, 0.2) is 0 Å². The highest BCUT2D eigenvalue weighted by molar-refractivity contribution is 5.82. The normalized spacial score (nSPS) is 11.3. The van der Waals surface area contributed by atoms with Crippen LogP contribution in [0.25, 0.3) is 21.8 Å². The van der Waals surface area contributed by atoms with E-state index in [1.54, 1.807) is 23.3 Å². The molecular formula is C25H28N6O3. The molecule has 4 rings (SSSR count). The number of anilines is 2. The molecule has 0 radical (unpaired) electrons. The highest BCUT2D eigenvalue weighted by atomic mass is 16.5. The van der Waals surface area contributed by atoms with Crippen molar-refractivity contribution in [2.45, 2.75) is 0 Å². The number of nitrogen functional groups attached to an aromatic ring is 2. The van der Waals surface area contributed by atoms with Crippen LogP contribution < -0.4 is 26.8 Å². The summed E-state index contributed by atoms with van der Waals surface area (Å²) in [5, 5.41) is 3.50. The third kappa shape index (κ3) is 6.47. The van der Waals surface area contributed by atoms with Crippen molar-refractivity contribution in [2.75, 3.05) is 44.4 Å². The molecule has 176 valence electrons. The van der Waals surface area contributed by atoms with Crippen molar-refractivity contribution in [1.82, 2.24) is 15.0 Å². The smallest absolute Gasteiger partial charge is 0.124 e. The monoisotopic (exact) mass is 460 g/mol. The second kappa shape index (κ2) is 11.2. The van der Waals surface area contributed by atoms with Gasteiger partial charge in [0.05, 0.1) is 30.8 Å². The maximum Gasteiger partial charge on any atom is 0.124 e. The van der Waals surface area contributed by atoms with Gasteiger partial charge in [0.2, 0.25) is 0 Å². The van der Waals surface area contributed by atoms with E-state index in [0.717, 1.165) is 33.3 Å². The maximum absolute atomic E-state index is 5.96. The first-order chi connectivity index (χ1) is 16.6. The van der Waals surface area contributed by atoms with Gasteiger partial charge in [-0.15, -0.1) is 0 Å². The van der Waals surface area contributed by atoms with Gasteiger partial charge in [0.25, 0.3) is 0 Å². The summed E-state index contributed by atoms with van der Waals surface area (Å²) < 4.78 is 17.1. The molecule has 2 heterocycles. The molecule has 0 spiro atoms. The third-order valence-corrected chi connectivity index (χ3v) is 5.00. The highest BCUT2D eigenvalue weighted by Gasteiger charge is 2.01. The minimum absolute atomic E-state index is 0.393. The van der Waals surface area contributed by atoms with Crippen molar-refractivity contribution in [3.05, 3.63) is 72.9 Å². The van der Waals surface area contributed by atoms with E-state index in [0.29, 0.717) is 44.6 Å². The van der Waals surface area contributed by atoms with Crippen molar-refractivity contribution in [2.24, 2.45) is 5.84 Å². The first kappa shape index (κ1) is 23.1. The topological polar surface area (TPSA) is 135 Å². The quantitative estimate of drug-likeness (QED) is 0.175. The van der Waals surface area contributed by atoms with Crippen LogP contribution in [0.4, 0.5) is 11.6 Å². The number of benzene rings is 2. The van der Waals surface area contributed by atoms with Gasteiger partial charge in [0.1, 0.15) is 36.3 Å². The first-order valence-corrected chi connectivity index (χ1v) is 10.9. The van der Waals surface area contributed by atoms with Gasteiger partial charge < -0.3 is 30.7 Å². The molecular weight excluding hydrogens is 432 g/mol. The Bertz CT molecular complexity index is 1280. The average Bonchev–Trinajstić information content (AvgIpc) is 2.84. The minimum atomic E-state index is 0.393. The van der Waals surface area contributed by atoms with E-state index in [-0.39, 0.29) is 0 Å². The van der Waals surface area contributed by atoms with Gasteiger partial charge in [0, 0.05) is 17.0 Å². The van der Waals surface area contributed by atoms with Crippen LogP contribution >= 0.6 is 0 Å². The molecule has 34 heavy (non-hydrogen) atoms. The molecule has 9 heteroatoms. The fourth-order valence-electron chi connectivity index (χ4n) is 3.31. The van der Waals surface area contributed by atoms with Gasteiger partial charge in [-0.25, -0.2) is 15.8 Å². The zero-order valence-electron chi connectivity index (χ0n) is 18.8. The van der Waals surface area contributed by atoms with Crippen molar-refractivity contribution >= 4 is 33.4 Å². The lowest BCUT2D eigenvalue weighted by Crippen LogP contribution is -2.29. The molecule has 0 bridgehead atoms.